The molecular formula is C19H20F3N3O. The van der Waals surface area contributed by atoms with Crippen molar-refractivity contribution >= 4 is 17.4 Å². The van der Waals surface area contributed by atoms with Crippen LogP contribution in [0, 0.1) is 0 Å². The molecule has 4 nitrogen and oxygen atoms in total. The van der Waals surface area contributed by atoms with Crippen molar-refractivity contribution in [1.82, 2.24) is 9.88 Å². The molecule has 26 heavy (non-hydrogen) atoms. The summed E-state index contributed by atoms with van der Waals surface area (Å²) in [5, 5.41) is 2.84. The van der Waals surface area contributed by atoms with Gasteiger partial charge in [0.2, 0.25) is 0 Å². The van der Waals surface area contributed by atoms with Crippen molar-refractivity contribution in [3.05, 3.63) is 53.7 Å². The lowest BCUT2D eigenvalue weighted by Crippen LogP contribution is -2.31. The van der Waals surface area contributed by atoms with Crippen molar-refractivity contribution in [2.75, 3.05) is 18.4 Å². The Balaban J connectivity index is 1.69. The van der Waals surface area contributed by atoms with Crippen LogP contribution in [0.1, 0.15) is 41.6 Å². The van der Waals surface area contributed by atoms with Gasteiger partial charge in [0, 0.05) is 25.0 Å². The summed E-state index contributed by atoms with van der Waals surface area (Å²) in [6.07, 6.45) is 1.37. The molecule has 0 bridgehead atoms. The van der Waals surface area contributed by atoms with Gasteiger partial charge in [-0.3, -0.25) is 4.79 Å². The van der Waals surface area contributed by atoms with Crippen LogP contribution in [-0.2, 0) is 6.18 Å². The topological polar surface area (TPSA) is 45.2 Å². The second-order valence-electron chi connectivity index (χ2n) is 6.34. The summed E-state index contributed by atoms with van der Waals surface area (Å²) < 4.78 is 38.3. The van der Waals surface area contributed by atoms with Crippen molar-refractivity contribution in [3.8, 4) is 0 Å². The predicted molar refractivity (Wildman–Crippen MR) is 93.3 cm³/mol. The Morgan fingerprint density at radius 3 is 2.38 bits per heavy atom. The quantitative estimate of drug-likeness (QED) is 0.847. The molecule has 1 aromatic carbocycles. The highest BCUT2D eigenvalue weighted by atomic mass is 19.4. The van der Waals surface area contributed by atoms with Gasteiger partial charge in [0.1, 0.15) is 5.82 Å². The number of benzene rings is 1. The van der Waals surface area contributed by atoms with E-state index in [1.165, 1.54) is 18.3 Å². The maximum Gasteiger partial charge on any atom is 0.416 e. The van der Waals surface area contributed by atoms with Crippen molar-refractivity contribution < 1.29 is 18.0 Å². The standard InChI is InChI=1S/C19H20F3N3O/c20-19(21,22)15-6-5-7-16(12-15)24-17-9-8-14(13-23-17)18(26)25-10-3-1-2-4-11-25/h5-9,12-13H,1-4,10-11H2,(H,23,24). The van der Waals surface area contributed by atoms with E-state index >= 15 is 0 Å². The molecule has 0 saturated carbocycles. The van der Waals surface area contributed by atoms with Gasteiger partial charge in [0.05, 0.1) is 11.1 Å². The molecule has 1 saturated heterocycles. The Morgan fingerprint density at radius 1 is 1.04 bits per heavy atom. The number of alkyl halides is 3. The number of rotatable bonds is 3. The van der Waals surface area contributed by atoms with Gasteiger partial charge in [-0.1, -0.05) is 18.9 Å². The molecule has 1 aromatic heterocycles. The molecular weight excluding hydrogens is 343 g/mol. The normalized spacial score (nSPS) is 15.4. The molecule has 7 heteroatoms. The largest absolute Gasteiger partial charge is 0.416 e. The molecule has 2 aromatic rings. The first-order valence-electron chi connectivity index (χ1n) is 8.63. The highest BCUT2D eigenvalue weighted by molar-refractivity contribution is 5.94. The molecule has 1 fully saturated rings. The fraction of sp³-hybridized carbons (Fsp3) is 0.368. The lowest BCUT2D eigenvalue weighted by atomic mass is 10.2. The molecule has 1 amide bonds. The third kappa shape index (κ3) is 4.53. The number of hydrogen-bond acceptors (Lipinski definition) is 3. The zero-order valence-corrected chi connectivity index (χ0v) is 14.2. The summed E-state index contributed by atoms with van der Waals surface area (Å²) in [5.74, 6) is 0.335. The number of nitrogens with zero attached hydrogens (tertiary/aromatic N) is 2. The highest BCUT2D eigenvalue weighted by Crippen LogP contribution is 2.31. The summed E-state index contributed by atoms with van der Waals surface area (Å²) >= 11 is 0. The molecule has 138 valence electrons. The molecule has 0 aliphatic carbocycles. The maximum atomic E-state index is 12.8. The van der Waals surface area contributed by atoms with E-state index in [2.05, 4.69) is 10.3 Å². The Bertz CT molecular complexity index is 751. The zero-order valence-electron chi connectivity index (χ0n) is 14.2. The van der Waals surface area contributed by atoms with Crippen LogP contribution >= 0.6 is 0 Å². The fourth-order valence-electron chi connectivity index (χ4n) is 2.97. The molecule has 0 unspecified atom stereocenters. The lowest BCUT2D eigenvalue weighted by molar-refractivity contribution is -0.137. The van der Waals surface area contributed by atoms with Gasteiger partial charge in [-0.2, -0.15) is 13.2 Å². The number of amides is 1. The van der Waals surface area contributed by atoms with Crippen molar-refractivity contribution in [1.29, 1.82) is 0 Å². The van der Waals surface area contributed by atoms with E-state index in [4.69, 9.17) is 0 Å². The zero-order chi connectivity index (χ0) is 18.6. The van der Waals surface area contributed by atoms with E-state index in [0.29, 0.717) is 17.1 Å². The highest BCUT2D eigenvalue weighted by Gasteiger charge is 2.30. The number of aromatic nitrogens is 1. The molecule has 0 atom stereocenters. The minimum Gasteiger partial charge on any atom is -0.340 e. The summed E-state index contributed by atoms with van der Waals surface area (Å²) in [5.41, 5.74) is 0.0517. The Kier molecular flexibility index (Phi) is 5.44. The first-order chi connectivity index (χ1) is 12.4. The van der Waals surface area contributed by atoms with E-state index in [1.807, 2.05) is 4.90 Å². The van der Waals surface area contributed by atoms with Gasteiger partial charge >= 0.3 is 6.18 Å². The van der Waals surface area contributed by atoms with Crippen LogP contribution in [-0.4, -0.2) is 28.9 Å². The molecule has 3 rings (SSSR count). The number of likely N-dealkylation sites (tertiary alicyclic amines) is 1. The van der Waals surface area contributed by atoms with Crippen LogP contribution in [0.2, 0.25) is 0 Å². The molecule has 0 radical (unpaired) electrons. The van der Waals surface area contributed by atoms with E-state index in [0.717, 1.165) is 50.9 Å². The third-order valence-electron chi connectivity index (χ3n) is 4.37. The Morgan fingerprint density at radius 2 is 1.77 bits per heavy atom. The minimum atomic E-state index is -4.39. The fourth-order valence-corrected chi connectivity index (χ4v) is 2.97. The van der Waals surface area contributed by atoms with Crippen molar-refractivity contribution in [2.24, 2.45) is 0 Å². The number of carbonyl (C=O) groups is 1. The number of carbonyl (C=O) groups excluding carboxylic acids is 1. The van der Waals surface area contributed by atoms with Crippen LogP contribution in [0.3, 0.4) is 0 Å². The van der Waals surface area contributed by atoms with Crippen LogP contribution in [0.15, 0.2) is 42.6 Å². The monoisotopic (exact) mass is 363 g/mol. The summed E-state index contributed by atoms with van der Waals surface area (Å²) in [6.45, 7) is 1.51. The van der Waals surface area contributed by atoms with E-state index < -0.39 is 11.7 Å². The SMILES string of the molecule is O=C(c1ccc(Nc2cccc(C(F)(F)F)c2)nc1)N1CCCCCC1. The van der Waals surface area contributed by atoms with Gasteiger partial charge in [-0.05, 0) is 43.2 Å². The molecule has 0 spiro atoms. The number of hydrogen-bond donors (Lipinski definition) is 1. The molecule has 1 N–H and O–H groups in total. The average Bonchev–Trinajstić information content (AvgIpc) is 2.91. The van der Waals surface area contributed by atoms with Crippen LogP contribution in [0.4, 0.5) is 24.7 Å². The second kappa shape index (κ2) is 7.76. The lowest BCUT2D eigenvalue weighted by Gasteiger charge is -2.20. The van der Waals surface area contributed by atoms with Gasteiger partial charge in [0.25, 0.3) is 5.91 Å². The van der Waals surface area contributed by atoms with Crippen molar-refractivity contribution in [3.63, 3.8) is 0 Å². The maximum absolute atomic E-state index is 12.8. The van der Waals surface area contributed by atoms with Crippen molar-refractivity contribution in [2.45, 2.75) is 31.9 Å². The number of halogens is 3. The van der Waals surface area contributed by atoms with Crippen LogP contribution in [0.25, 0.3) is 0 Å². The van der Waals surface area contributed by atoms with Gasteiger partial charge in [-0.15, -0.1) is 0 Å². The third-order valence-corrected chi connectivity index (χ3v) is 4.37. The average molecular weight is 363 g/mol. The van der Waals surface area contributed by atoms with Gasteiger partial charge in [-0.25, -0.2) is 4.98 Å². The van der Waals surface area contributed by atoms with Gasteiger partial charge in [0.15, 0.2) is 0 Å². The Labute approximate surface area is 150 Å². The number of anilines is 2. The van der Waals surface area contributed by atoms with E-state index in [-0.39, 0.29) is 5.91 Å². The number of pyridine rings is 1. The first kappa shape index (κ1) is 18.2. The van der Waals surface area contributed by atoms with Crippen LogP contribution < -0.4 is 5.32 Å². The second-order valence-corrected chi connectivity index (χ2v) is 6.34. The minimum absolute atomic E-state index is 0.0509. The first-order valence-corrected chi connectivity index (χ1v) is 8.63. The number of nitrogens with one attached hydrogen (secondary N) is 1. The smallest absolute Gasteiger partial charge is 0.340 e. The summed E-state index contributed by atoms with van der Waals surface area (Å²) in [6, 6.07) is 8.16. The molecule has 2 heterocycles. The van der Waals surface area contributed by atoms with E-state index in [1.54, 1.807) is 12.1 Å². The summed E-state index contributed by atoms with van der Waals surface area (Å²) in [7, 11) is 0. The predicted octanol–water partition coefficient (Wildman–Crippen LogP) is 4.86. The summed E-state index contributed by atoms with van der Waals surface area (Å²) in [4.78, 5) is 18.5. The van der Waals surface area contributed by atoms with Crippen LogP contribution in [0.5, 0.6) is 0 Å². The van der Waals surface area contributed by atoms with Gasteiger partial charge < -0.3 is 10.2 Å². The molecule has 1 aliphatic heterocycles. The Hall–Kier alpha value is -2.57. The molecule has 1 aliphatic rings. The van der Waals surface area contributed by atoms with E-state index in [9.17, 15) is 18.0 Å².